The molecular weight excluding hydrogens is 190 g/mol. The van der Waals surface area contributed by atoms with Gasteiger partial charge in [0.1, 0.15) is 0 Å². The van der Waals surface area contributed by atoms with E-state index in [1.807, 2.05) is 19.3 Å². The second-order valence-electron chi connectivity index (χ2n) is 4.22. The quantitative estimate of drug-likeness (QED) is 0.707. The highest BCUT2D eigenvalue weighted by molar-refractivity contribution is 5.74. The van der Waals surface area contributed by atoms with Crippen molar-refractivity contribution < 1.29 is 9.53 Å². The van der Waals surface area contributed by atoms with Crippen LogP contribution in [-0.2, 0) is 23.0 Å². The molecule has 0 unspecified atom stereocenters. The summed E-state index contributed by atoms with van der Waals surface area (Å²) in [6.45, 7) is 2.64. The van der Waals surface area contributed by atoms with Crippen molar-refractivity contribution in [1.29, 1.82) is 0 Å². The van der Waals surface area contributed by atoms with E-state index in [1.54, 1.807) is 0 Å². The van der Waals surface area contributed by atoms with E-state index in [-0.39, 0.29) is 11.9 Å². The Labute approximate surface area is 90.0 Å². The van der Waals surface area contributed by atoms with Crippen LogP contribution in [-0.4, -0.2) is 17.1 Å². The van der Waals surface area contributed by atoms with Crippen LogP contribution in [0.25, 0.3) is 0 Å². The zero-order valence-electron chi connectivity index (χ0n) is 9.27. The topological polar surface area (TPSA) is 31.2 Å². The molecule has 0 saturated carbocycles. The van der Waals surface area contributed by atoms with Crippen molar-refractivity contribution in [2.75, 3.05) is 6.61 Å². The number of aryl methyl sites for hydroxylation is 1. The number of cyclic esters (lactones) is 1. The van der Waals surface area contributed by atoms with E-state index in [0.717, 1.165) is 12.8 Å². The van der Waals surface area contributed by atoms with E-state index >= 15 is 0 Å². The van der Waals surface area contributed by atoms with Gasteiger partial charge in [-0.15, -0.1) is 0 Å². The largest absolute Gasteiger partial charge is 0.465 e. The summed E-state index contributed by atoms with van der Waals surface area (Å²) in [5, 5.41) is 0. The van der Waals surface area contributed by atoms with Crippen molar-refractivity contribution in [2.24, 2.45) is 18.9 Å². The van der Waals surface area contributed by atoms with Gasteiger partial charge in [0.05, 0.1) is 12.5 Å². The van der Waals surface area contributed by atoms with E-state index in [9.17, 15) is 4.79 Å². The maximum absolute atomic E-state index is 11.4. The van der Waals surface area contributed by atoms with Crippen molar-refractivity contribution in [3.63, 3.8) is 0 Å². The minimum atomic E-state index is -0.0169. The fraction of sp³-hybridized carbons (Fsp3) is 0.583. The Balaban J connectivity index is 2.06. The molecule has 1 fully saturated rings. The Morgan fingerprint density at radius 1 is 1.60 bits per heavy atom. The smallest absolute Gasteiger partial charge is 0.309 e. The number of esters is 1. The third-order valence-electron chi connectivity index (χ3n) is 3.27. The van der Waals surface area contributed by atoms with Crippen LogP contribution in [0.4, 0.5) is 0 Å². The van der Waals surface area contributed by atoms with Crippen LogP contribution in [0.2, 0.25) is 0 Å². The molecule has 0 radical (unpaired) electrons. The molecule has 0 bridgehead atoms. The number of carbonyl (C=O) groups excluding carboxylic acids is 1. The molecule has 0 N–H and O–H groups in total. The van der Waals surface area contributed by atoms with E-state index in [0.29, 0.717) is 12.5 Å². The van der Waals surface area contributed by atoms with Crippen molar-refractivity contribution >= 4 is 5.97 Å². The molecule has 1 aliphatic rings. The van der Waals surface area contributed by atoms with Crippen LogP contribution in [0, 0.1) is 11.8 Å². The van der Waals surface area contributed by atoms with Crippen molar-refractivity contribution in [3.8, 4) is 0 Å². The van der Waals surface area contributed by atoms with Crippen molar-refractivity contribution in [3.05, 3.63) is 24.0 Å². The number of hydrogen-bond donors (Lipinski definition) is 0. The minimum Gasteiger partial charge on any atom is -0.465 e. The van der Waals surface area contributed by atoms with Gasteiger partial charge >= 0.3 is 5.97 Å². The Morgan fingerprint density at radius 3 is 3.00 bits per heavy atom. The number of hydrogen-bond acceptors (Lipinski definition) is 2. The Morgan fingerprint density at radius 2 is 2.40 bits per heavy atom. The molecule has 2 heterocycles. The summed E-state index contributed by atoms with van der Waals surface area (Å²) in [6, 6.07) is 4.14. The van der Waals surface area contributed by atoms with Gasteiger partial charge in [-0.05, 0) is 25.0 Å². The van der Waals surface area contributed by atoms with Gasteiger partial charge in [-0.1, -0.05) is 6.92 Å². The molecule has 3 heteroatoms. The normalized spacial score (nSPS) is 25.6. The van der Waals surface area contributed by atoms with Gasteiger partial charge in [-0.25, -0.2) is 0 Å². The van der Waals surface area contributed by atoms with Crippen LogP contribution < -0.4 is 0 Å². The van der Waals surface area contributed by atoms with E-state index in [4.69, 9.17) is 4.74 Å². The first-order chi connectivity index (χ1) is 7.22. The minimum absolute atomic E-state index is 0.0169. The molecule has 3 nitrogen and oxygen atoms in total. The fourth-order valence-electron chi connectivity index (χ4n) is 2.28. The fourth-order valence-corrected chi connectivity index (χ4v) is 2.28. The average Bonchev–Trinajstić information content (AvgIpc) is 2.76. The van der Waals surface area contributed by atoms with Crippen molar-refractivity contribution in [1.82, 2.24) is 4.57 Å². The molecule has 1 aromatic heterocycles. The molecule has 0 aromatic carbocycles. The lowest BCUT2D eigenvalue weighted by Gasteiger charge is -2.13. The summed E-state index contributed by atoms with van der Waals surface area (Å²) in [6.07, 6.45) is 3.86. The summed E-state index contributed by atoms with van der Waals surface area (Å²) in [4.78, 5) is 11.4. The molecule has 2 rings (SSSR count). The van der Waals surface area contributed by atoms with Crippen LogP contribution in [0.1, 0.15) is 19.0 Å². The molecular formula is C12H17NO2. The summed E-state index contributed by atoms with van der Waals surface area (Å²) < 4.78 is 7.22. The third-order valence-corrected chi connectivity index (χ3v) is 3.27. The summed E-state index contributed by atoms with van der Waals surface area (Å²) in [7, 11) is 2.04. The highest BCUT2D eigenvalue weighted by Gasteiger charge is 2.35. The zero-order valence-corrected chi connectivity index (χ0v) is 9.27. The van der Waals surface area contributed by atoms with E-state index in [1.165, 1.54) is 5.69 Å². The Bertz CT molecular complexity index is 356. The number of carbonyl (C=O) groups is 1. The molecule has 15 heavy (non-hydrogen) atoms. The molecule has 2 atom stereocenters. The molecule has 1 saturated heterocycles. The number of ether oxygens (including phenoxy) is 1. The maximum atomic E-state index is 11.4. The monoisotopic (exact) mass is 207 g/mol. The third kappa shape index (κ3) is 1.91. The Kier molecular flexibility index (Phi) is 2.80. The predicted molar refractivity (Wildman–Crippen MR) is 57.3 cm³/mol. The second kappa shape index (κ2) is 4.09. The highest BCUT2D eigenvalue weighted by atomic mass is 16.5. The molecule has 0 aliphatic carbocycles. The van der Waals surface area contributed by atoms with Gasteiger partial charge in [0.2, 0.25) is 0 Å². The number of rotatable bonds is 3. The average molecular weight is 207 g/mol. The van der Waals surface area contributed by atoms with Crippen LogP contribution in [0.5, 0.6) is 0 Å². The van der Waals surface area contributed by atoms with E-state index in [2.05, 4.69) is 17.6 Å². The van der Waals surface area contributed by atoms with E-state index < -0.39 is 0 Å². The van der Waals surface area contributed by atoms with Gasteiger partial charge < -0.3 is 9.30 Å². The van der Waals surface area contributed by atoms with Gasteiger partial charge in [0.15, 0.2) is 0 Å². The maximum Gasteiger partial charge on any atom is 0.309 e. The van der Waals surface area contributed by atoms with Crippen LogP contribution in [0.3, 0.4) is 0 Å². The predicted octanol–water partition coefficient (Wildman–Crippen LogP) is 1.77. The molecule has 1 aromatic rings. The number of nitrogens with zero attached hydrogens (tertiary/aromatic N) is 1. The lowest BCUT2D eigenvalue weighted by Crippen LogP contribution is -2.18. The number of aromatic nitrogens is 1. The first-order valence-corrected chi connectivity index (χ1v) is 5.49. The summed E-state index contributed by atoms with van der Waals surface area (Å²) >= 11 is 0. The van der Waals surface area contributed by atoms with Crippen LogP contribution >= 0.6 is 0 Å². The molecule has 82 valence electrons. The first kappa shape index (κ1) is 10.3. The molecule has 0 amide bonds. The summed E-state index contributed by atoms with van der Waals surface area (Å²) in [5.74, 6) is 0.438. The SMILES string of the molecule is CC[C@H]1C(=O)OC[C@@H]1Cc1cccn1C. The lowest BCUT2D eigenvalue weighted by molar-refractivity contribution is -0.141. The molecule has 1 aliphatic heterocycles. The van der Waals surface area contributed by atoms with Gasteiger partial charge in [0.25, 0.3) is 0 Å². The lowest BCUT2D eigenvalue weighted by atomic mass is 9.89. The summed E-state index contributed by atoms with van der Waals surface area (Å²) in [5.41, 5.74) is 1.27. The zero-order chi connectivity index (χ0) is 10.8. The van der Waals surface area contributed by atoms with Gasteiger partial charge in [-0.2, -0.15) is 0 Å². The Hall–Kier alpha value is -1.25. The first-order valence-electron chi connectivity index (χ1n) is 5.49. The van der Waals surface area contributed by atoms with Gasteiger partial charge in [-0.3, -0.25) is 4.79 Å². The van der Waals surface area contributed by atoms with Gasteiger partial charge in [0, 0.05) is 24.9 Å². The second-order valence-corrected chi connectivity index (χ2v) is 4.22. The van der Waals surface area contributed by atoms with Crippen molar-refractivity contribution in [2.45, 2.75) is 19.8 Å². The molecule has 0 spiro atoms. The highest BCUT2D eigenvalue weighted by Crippen LogP contribution is 2.28. The van der Waals surface area contributed by atoms with Crippen LogP contribution in [0.15, 0.2) is 18.3 Å². The standard InChI is InChI=1S/C12H17NO2/c1-3-11-9(8-15-12(11)14)7-10-5-4-6-13(10)2/h4-6,9,11H,3,7-8H2,1-2H3/t9-,11+/m0/s1.